The fourth-order valence-corrected chi connectivity index (χ4v) is 4.23. The summed E-state index contributed by atoms with van der Waals surface area (Å²) in [7, 11) is 0. The average molecular weight is 406 g/mol. The number of rotatable bonds is 5. The predicted octanol–water partition coefficient (Wildman–Crippen LogP) is 4.96. The van der Waals surface area contributed by atoms with Crippen LogP contribution < -0.4 is 9.64 Å². The lowest BCUT2D eigenvalue weighted by atomic mass is 9.92. The molecule has 1 aromatic carbocycles. The molecular weight excluding hydrogens is 374 g/mol. The number of aromatic nitrogens is 4. The highest BCUT2D eigenvalue weighted by Gasteiger charge is 2.26. The summed E-state index contributed by atoms with van der Waals surface area (Å²) in [6, 6.07) is 6.98. The SMILES string of the molecule is Cc1ccc(C)c(-c2cnc(OC(C)C)nc2N2CCC(c3nc[nH]c3C)CC2)c1. The summed E-state index contributed by atoms with van der Waals surface area (Å²) in [5.41, 5.74) is 7.10. The molecule has 1 fully saturated rings. The first-order valence-electron chi connectivity index (χ1n) is 10.8. The molecule has 30 heavy (non-hydrogen) atoms. The smallest absolute Gasteiger partial charge is 0.318 e. The van der Waals surface area contributed by atoms with Crippen LogP contribution in [0.5, 0.6) is 6.01 Å². The highest BCUT2D eigenvalue weighted by molar-refractivity contribution is 5.78. The van der Waals surface area contributed by atoms with Gasteiger partial charge >= 0.3 is 6.01 Å². The van der Waals surface area contributed by atoms with Crippen molar-refractivity contribution in [3.63, 3.8) is 0 Å². The standard InChI is InChI=1S/C24H31N5O/c1-15(2)30-24-25-13-21(20-12-16(3)6-7-17(20)4)23(28-24)29-10-8-19(9-11-29)22-18(5)26-14-27-22/h6-7,12-15,19H,8-11H2,1-5H3,(H,26,27). The fourth-order valence-electron chi connectivity index (χ4n) is 4.23. The van der Waals surface area contributed by atoms with E-state index in [4.69, 9.17) is 9.72 Å². The number of anilines is 1. The van der Waals surface area contributed by atoms with Crippen LogP contribution in [0, 0.1) is 20.8 Å². The van der Waals surface area contributed by atoms with Gasteiger partial charge in [-0.2, -0.15) is 4.98 Å². The lowest BCUT2D eigenvalue weighted by Crippen LogP contribution is -2.34. The van der Waals surface area contributed by atoms with Gasteiger partial charge in [0.05, 0.1) is 18.1 Å². The minimum Gasteiger partial charge on any atom is -0.461 e. The number of imidazole rings is 1. The largest absolute Gasteiger partial charge is 0.461 e. The molecule has 1 aliphatic heterocycles. The maximum Gasteiger partial charge on any atom is 0.318 e. The van der Waals surface area contributed by atoms with Crippen molar-refractivity contribution in [2.45, 2.75) is 59.5 Å². The maximum absolute atomic E-state index is 5.82. The third-order valence-corrected chi connectivity index (χ3v) is 5.82. The molecule has 1 N–H and O–H groups in total. The van der Waals surface area contributed by atoms with Crippen LogP contribution in [0.2, 0.25) is 0 Å². The summed E-state index contributed by atoms with van der Waals surface area (Å²) in [6.07, 6.45) is 5.88. The van der Waals surface area contributed by atoms with E-state index < -0.39 is 0 Å². The van der Waals surface area contributed by atoms with Gasteiger partial charge in [-0.05, 0) is 58.6 Å². The number of nitrogens with one attached hydrogen (secondary N) is 1. The molecule has 6 nitrogen and oxygen atoms in total. The first kappa shape index (κ1) is 20.4. The molecule has 0 atom stereocenters. The summed E-state index contributed by atoms with van der Waals surface area (Å²) >= 11 is 0. The number of H-pyrrole nitrogens is 1. The van der Waals surface area contributed by atoms with Crippen LogP contribution in [0.15, 0.2) is 30.7 Å². The van der Waals surface area contributed by atoms with Crippen LogP contribution in [-0.4, -0.2) is 39.1 Å². The molecule has 1 aliphatic rings. The quantitative estimate of drug-likeness (QED) is 0.650. The predicted molar refractivity (Wildman–Crippen MR) is 120 cm³/mol. The highest BCUT2D eigenvalue weighted by Crippen LogP contribution is 2.36. The van der Waals surface area contributed by atoms with Crippen LogP contribution in [0.3, 0.4) is 0 Å². The first-order valence-corrected chi connectivity index (χ1v) is 10.8. The van der Waals surface area contributed by atoms with E-state index in [2.05, 4.69) is 58.8 Å². The molecule has 2 aromatic heterocycles. The van der Waals surface area contributed by atoms with E-state index in [0.717, 1.165) is 37.3 Å². The maximum atomic E-state index is 5.82. The van der Waals surface area contributed by atoms with Crippen molar-refractivity contribution in [3.8, 4) is 17.1 Å². The Labute approximate surface area is 178 Å². The number of ether oxygens (including phenoxy) is 1. The van der Waals surface area contributed by atoms with Crippen molar-refractivity contribution in [1.29, 1.82) is 0 Å². The lowest BCUT2D eigenvalue weighted by molar-refractivity contribution is 0.222. The number of aromatic amines is 1. The summed E-state index contributed by atoms with van der Waals surface area (Å²) < 4.78 is 5.82. The number of piperidine rings is 1. The minimum atomic E-state index is 0.0396. The number of nitrogens with zero attached hydrogens (tertiary/aromatic N) is 4. The minimum absolute atomic E-state index is 0.0396. The monoisotopic (exact) mass is 405 g/mol. The molecule has 1 saturated heterocycles. The Morgan fingerprint density at radius 3 is 2.50 bits per heavy atom. The van der Waals surface area contributed by atoms with Crippen LogP contribution in [0.25, 0.3) is 11.1 Å². The molecule has 158 valence electrons. The fraction of sp³-hybridized carbons (Fsp3) is 0.458. The van der Waals surface area contributed by atoms with Gasteiger partial charge in [-0.3, -0.25) is 0 Å². The summed E-state index contributed by atoms with van der Waals surface area (Å²) in [5.74, 6) is 1.46. The van der Waals surface area contributed by atoms with E-state index in [1.165, 1.54) is 28.1 Å². The van der Waals surface area contributed by atoms with Crippen LogP contribution in [0.4, 0.5) is 5.82 Å². The third kappa shape index (κ3) is 4.18. The van der Waals surface area contributed by atoms with Crippen LogP contribution in [-0.2, 0) is 0 Å². The van der Waals surface area contributed by atoms with Crippen molar-refractivity contribution < 1.29 is 4.74 Å². The van der Waals surface area contributed by atoms with Crippen molar-refractivity contribution in [2.24, 2.45) is 0 Å². The number of benzene rings is 1. The first-order chi connectivity index (χ1) is 14.4. The molecule has 0 amide bonds. The van der Waals surface area contributed by atoms with Gasteiger partial charge in [0, 0.05) is 36.5 Å². The Morgan fingerprint density at radius 1 is 1.07 bits per heavy atom. The van der Waals surface area contributed by atoms with E-state index in [9.17, 15) is 0 Å². The van der Waals surface area contributed by atoms with Crippen LogP contribution >= 0.6 is 0 Å². The number of hydrogen-bond donors (Lipinski definition) is 1. The summed E-state index contributed by atoms with van der Waals surface area (Å²) in [6.45, 7) is 12.2. The van der Waals surface area contributed by atoms with Gasteiger partial charge in [0.25, 0.3) is 0 Å². The number of hydrogen-bond acceptors (Lipinski definition) is 5. The molecule has 0 unspecified atom stereocenters. The van der Waals surface area contributed by atoms with Gasteiger partial charge in [-0.1, -0.05) is 23.8 Å². The van der Waals surface area contributed by atoms with E-state index in [1.807, 2.05) is 20.0 Å². The Kier molecular flexibility index (Phi) is 5.75. The Hall–Kier alpha value is -2.89. The highest BCUT2D eigenvalue weighted by atomic mass is 16.5. The Bertz CT molecular complexity index is 1020. The topological polar surface area (TPSA) is 66.9 Å². The van der Waals surface area contributed by atoms with E-state index in [-0.39, 0.29) is 6.10 Å². The van der Waals surface area contributed by atoms with Gasteiger partial charge in [0.2, 0.25) is 0 Å². The van der Waals surface area contributed by atoms with Gasteiger partial charge in [-0.25, -0.2) is 9.97 Å². The zero-order valence-corrected chi connectivity index (χ0v) is 18.6. The third-order valence-electron chi connectivity index (χ3n) is 5.82. The zero-order chi connectivity index (χ0) is 21.3. The van der Waals surface area contributed by atoms with Crippen molar-refractivity contribution >= 4 is 5.82 Å². The zero-order valence-electron chi connectivity index (χ0n) is 18.6. The van der Waals surface area contributed by atoms with Gasteiger partial charge in [-0.15, -0.1) is 0 Å². The Morgan fingerprint density at radius 2 is 1.83 bits per heavy atom. The van der Waals surface area contributed by atoms with E-state index in [0.29, 0.717) is 11.9 Å². The molecule has 0 spiro atoms. The molecule has 0 bridgehead atoms. The second-order valence-electron chi connectivity index (χ2n) is 8.55. The van der Waals surface area contributed by atoms with Crippen molar-refractivity contribution in [3.05, 3.63) is 53.2 Å². The summed E-state index contributed by atoms with van der Waals surface area (Å²) in [4.78, 5) is 19.5. The van der Waals surface area contributed by atoms with Crippen LogP contribution in [0.1, 0.15) is 55.1 Å². The molecule has 3 heterocycles. The molecule has 3 aromatic rings. The van der Waals surface area contributed by atoms with Crippen molar-refractivity contribution in [1.82, 2.24) is 19.9 Å². The average Bonchev–Trinajstić information content (AvgIpc) is 3.15. The second-order valence-corrected chi connectivity index (χ2v) is 8.55. The molecule has 4 rings (SSSR count). The summed E-state index contributed by atoms with van der Waals surface area (Å²) in [5, 5.41) is 0. The molecule has 6 heteroatoms. The van der Waals surface area contributed by atoms with Gasteiger partial charge in [0.1, 0.15) is 5.82 Å². The molecule has 0 radical (unpaired) electrons. The van der Waals surface area contributed by atoms with Gasteiger partial charge in [0.15, 0.2) is 0 Å². The van der Waals surface area contributed by atoms with Crippen molar-refractivity contribution in [2.75, 3.05) is 18.0 Å². The van der Waals surface area contributed by atoms with E-state index in [1.54, 1.807) is 6.33 Å². The lowest BCUT2D eigenvalue weighted by Gasteiger charge is -2.33. The Balaban J connectivity index is 1.67. The van der Waals surface area contributed by atoms with Gasteiger partial charge < -0.3 is 14.6 Å². The number of aryl methyl sites for hydroxylation is 3. The molecule has 0 saturated carbocycles. The normalized spacial score (nSPS) is 15.1. The molecular formula is C24H31N5O. The second kappa shape index (κ2) is 8.46. The molecule has 0 aliphatic carbocycles. The van der Waals surface area contributed by atoms with E-state index >= 15 is 0 Å².